The lowest BCUT2D eigenvalue weighted by Gasteiger charge is -2.32. The average Bonchev–Trinajstić information content (AvgIpc) is 3.45. The monoisotopic (exact) mass is 463 g/mol. The molecular formula is C25H33N7O2. The second-order valence-corrected chi connectivity index (χ2v) is 9.57. The van der Waals surface area contributed by atoms with E-state index in [9.17, 15) is 4.79 Å². The molecule has 4 heterocycles. The van der Waals surface area contributed by atoms with Crippen LogP contribution < -0.4 is 10.1 Å². The number of ether oxygens (including phenoxy) is 1. The number of anilines is 2. The van der Waals surface area contributed by atoms with Crippen molar-refractivity contribution in [3.05, 3.63) is 35.7 Å². The Balaban J connectivity index is 1.41. The van der Waals surface area contributed by atoms with Gasteiger partial charge < -0.3 is 15.0 Å². The molecule has 1 saturated heterocycles. The van der Waals surface area contributed by atoms with Crippen molar-refractivity contribution in [3.63, 3.8) is 0 Å². The summed E-state index contributed by atoms with van der Waals surface area (Å²) in [4.78, 5) is 25.7. The van der Waals surface area contributed by atoms with E-state index in [1.807, 2.05) is 9.58 Å². The number of methoxy groups -OCH3 is 1. The van der Waals surface area contributed by atoms with Crippen LogP contribution in [0.15, 0.2) is 24.5 Å². The maximum absolute atomic E-state index is 12.0. The van der Waals surface area contributed by atoms with Gasteiger partial charge in [0.05, 0.1) is 37.0 Å². The van der Waals surface area contributed by atoms with Crippen molar-refractivity contribution in [2.75, 3.05) is 25.5 Å². The topological polar surface area (TPSA) is 88.4 Å². The summed E-state index contributed by atoms with van der Waals surface area (Å²) in [6.07, 6.45) is 6.60. The minimum atomic E-state index is 0.117. The molecule has 3 aromatic rings. The van der Waals surface area contributed by atoms with Crippen LogP contribution in [0.5, 0.6) is 5.75 Å². The number of carbonyl (C=O) groups excluding carboxylic acids is 1. The van der Waals surface area contributed by atoms with E-state index in [4.69, 9.17) is 9.72 Å². The Hall–Kier alpha value is -3.20. The number of benzene rings is 1. The highest BCUT2D eigenvalue weighted by Gasteiger charge is 2.27. The quantitative estimate of drug-likeness (QED) is 0.600. The molecule has 1 atom stereocenters. The molecule has 0 aliphatic carbocycles. The number of nitrogens with one attached hydrogen (secondary N) is 1. The number of nitrogens with zero attached hydrogens (tertiary/aromatic N) is 6. The van der Waals surface area contributed by atoms with E-state index in [1.165, 1.54) is 11.1 Å². The van der Waals surface area contributed by atoms with Gasteiger partial charge in [-0.3, -0.25) is 9.69 Å². The van der Waals surface area contributed by atoms with E-state index in [0.717, 1.165) is 61.4 Å². The minimum absolute atomic E-state index is 0.117. The number of fused-ring (bicyclic) bond motifs is 2. The zero-order valence-electron chi connectivity index (χ0n) is 20.4. The predicted octanol–water partition coefficient (Wildman–Crippen LogP) is 3.36. The van der Waals surface area contributed by atoms with Crippen LogP contribution in [0, 0.1) is 0 Å². The van der Waals surface area contributed by atoms with Gasteiger partial charge in [-0.2, -0.15) is 10.1 Å². The lowest BCUT2D eigenvalue weighted by atomic mass is 9.97. The van der Waals surface area contributed by atoms with Crippen molar-refractivity contribution >= 4 is 28.6 Å². The summed E-state index contributed by atoms with van der Waals surface area (Å²) in [6.45, 7) is 9.54. The molecule has 9 nitrogen and oxygen atoms in total. The van der Waals surface area contributed by atoms with E-state index in [-0.39, 0.29) is 11.9 Å². The zero-order valence-corrected chi connectivity index (χ0v) is 20.4. The average molecular weight is 464 g/mol. The van der Waals surface area contributed by atoms with Crippen molar-refractivity contribution in [1.82, 2.24) is 29.5 Å². The Kier molecular flexibility index (Phi) is 6.12. The molecule has 9 heteroatoms. The highest BCUT2D eigenvalue weighted by molar-refractivity contribution is 5.76. The minimum Gasteiger partial charge on any atom is -0.495 e. The van der Waals surface area contributed by atoms with Crippen LogP contribution in [0.2, 0.25) is 0 Å². The normalized spacial score (nSPS) is 18.5. The molecule has 2 aliphatic heterocycles. The number of rotatable bonds is 6. The second kappa shape index (κ2) is 9.21. The van der Waals surface area contributed by atoms with Gasteiger partial charge in [-0.25, -0.2) is 9.67 Å². The summed E-state index contributed by atoms with van der Waals surface area (Å²) in [6, 6.07) is 4.96. The van der Waals surface area contributed by atoms with E-state index in [1.54, 1.807) is 26.4 Å². The second-order valence-electron chi connectivity index (χ2n) is 9.57. The van der Waals surface area contributed by atoms with Crippen LogP contribution in [0.4, 0.5) is 11.6 Å². The molecule has 1 fully saturated rings. The van der Waals surface area contributed by atoms with Gasteiger partial charge in [0.1, 0.15) is 5.75 Å². The number of hydrogen-bond acceptors (Lipinski definition) is 7. The Morgan fingerprint density at radius 1 is 1.24 bits per heavy atom. The van der Waals surface area contributed by atoms with Crippen LogP contribution in [0.1, 0.15) is 44.7 Å². The zero-order chi connectivity index (χ0) is 23.8. The number of amides is 1. The first kappa shape index (κ1) is 22.6. The van der Waals surface area contributed by atoms with Gasteiger partial charge in [-0.1, -0.05) is 0 Å². The maximum atomic E-state index is 12.0. The van der Waals surface area contributed by atoms with E-state index in [2.05, 4.69) is 46.3 Å². The van der Waals surface area contributed by atoms with Gasteiger partial charge in [0.25, 0.3) is 0 Å². The molecule has 1 aromatic carbocycles. The smallest absolute Gasteiger partial charge is 0.229 e. The molecule has 1 amide bonds. The molecule has 0 radical (unpaired) electrons. The molecule has 0 bridgehead atoms. The fourth-order valence-electron chi connectivity index (χ4n) is 5.14. The molecule has 0 unspecified atom stereocenters. The highest BCUT2D eigenvalue weighted by atomic mass is 16.5. The third-order valence-corrected chi connectivity index (χ3v) is 7.08. The van der Waals surface area contributed by atoms with E-state index in [0.29, 0.717) is 18.5 Å². The van der Waals surface area contributed by atoms with Crippen LogP contribution in [-0.4, -0.2) is 67.7 Å². The SMILES string of the molecule is COc1cc2c(cc1Nc1ncc3cnn(C[C@@H]4CCCN4C(C)=O)c3n1)CN(C(C)C)CC2. The lowest BCUT2D eigenvalue weighted by molar-refractivity contribution is -0.129. The first-order chi connectivity index (χ1) is 16.4. The first-order valence-corrected chi connectivity index (χ1v) is 12.1. The molecule has 0 saturated carbocycles. The third kappa shape index (κ3) is 4.32. The predicted molar refractivity (Wildman–Crippen MR) is 131 cm³/mol. The van der Waals surface area contributed by atoms with Crippen molar-refractivity contribution in [2.45, 2.75) is 65.2 Å². The molecule has 5 rings (SSSR count). The lowest BCUT2D eigenvalue weighted by Crippen LogP contribution is -2.36. The largest absolute Gasteiger partial charge is 0.495 e. The molecule has 180 valence electrons. The van der Waals surface area contributed by atoms with Crippen molar-refractivity contribution in [2.24, 2.45) is 0 Å². The van der Waals surface area contributed by atoms with Crippen molar-refractivity contribution in [1.29, 1.82) is 0 Å². The molecule has 2 aromatic heterocycles. The van der Waals surface area contributed by atoms with Crippen LogP contribution in [0.25, 0.3) is 11.0 Å². The Bertz CT molecular complexity index is 1210. The molecule has 34 heavy (non-hydrogen) atoms. The number of aromatic nitrogens is 4. The van der Waals surface area contributed by atoms with Crippen LogP contribution >= 0.6 is 0 Å². The van der Waals surface area contributed by atoms with Gasteiger partial charge >= 0.3 is 0 Å². The summed E-state index contributed by atoms with van der Waals surface area (Å²) in [5.41, 5.74) is 4.26. The molecular weight excluding hydrogens is 430 g/mol. The first-order valence-electron chi connectivity index (χ1n) is 12.1. The summed E-state index contributed by atoms with van der Waals surface area (Å²) in [5, 5.41) is 8.79. The Labute approximate surface area is 200 Å². The highest BCUT2D eigenvalue weighted by Crippen LogP contribution is 2.33. The maximum Gasteiger partial charge on any atom is 0.229 e. The third-order valence-electron chi connectivity index (χ3n) is 7.08. The van der Waals surface area contributed by atoms with Crippen molar-refractivity contribution < 1.29 is 9.53 Å². The molecule has 2 aliphatic rings. The van der Waals surface area contributed by atoms with E-state index >= 15 is 0 Å². The molecule has 1 N–H and O–H groups in total. The fourth-order valence-corrected chi connectivity index (χ4v) is 5.14. The summed E-state index contributed by atoms with van der Waals surface area (Å²) < 4.78 is 7.58. The van der Waals surface area contributed by atoms with Gasteiger partial charge in [-0.05, 0) is 56.4 Å². The number of carbonyl (C=O) groups is 1. The van der Waals surface area contributed by atoms with E-state index < -0.39 is 0 Å². The van der Waals surface area contributed by atoms with Crippen LogP contribution in [-0.2, 0) is 24.3 Å². The summed E-state index contributed by atoms with van der Waals surface area (Å²) in [5.74, 6) is 1.40. The van der Waals surface area contributed by atoms with Gasteiger partial charge in [0.2, 0.25) is 11.9 Å². The Morgan fingerprint density at radius 2 is 2.09 bits per heavy atom. The standard InChI is InChI=1S/C25H33N7O2/c1-16(2)30-9-7-18-11-23(34-4)22(10-19(18)14-30)28-25-26-12-20-13-27-32(24(20)29-25)15-21-6-5-8-31(21)17(3)33/h10-13,16,21H,5-9,14-15H2,1-4H3,(H,26,28,29)/t21-/m0/s1. The van der Waals surface area contributed by atoms with Gasteiger partial charge in [-0.15, -0.1) is 0 Å². The van der Waals surface area contributed by atoms with Crippen molar-refractivity contribution in [3.8, 4) is 5.75 Å². The fraction of sp³-hybridized carbons (Fsp3) is 0.520. The summed E-state index contributed by atoms with van der Waals surface area (Å²) >= 11 is 0. The number of likely N-dealkylation sites (tertiary alicyclic amines) is 1. The molecule has 0 spiro atoms. The Morgan fingerprint density at radius 3 is 2.85 bits per heavy atom. The van der Waals surface area contributed by atoms with Crippen LogP contribution in [0.3, 0.4) is 0 Å². The summed E-state index contributed by atoms with van der Waals surface area (Å²) in [7, 11) is 1.69. The number of hydrogen-bond donors (Lipinski definition) is 1. The van der Waals surface area contributed by atoms with Gasteiger partial charge in [0.15, 0.2) is 5.65 Å². The van der Waals surface area contributed by atoms with Gasteiger partial charge in [0, 0.05) is 38.8 Å².